The van der Waals surface area contributed by atoms with Gasteiger partial charge in [0.25, 0.3) is 0 Å². The number of nitrogens with one attached hydrogen (secondary N) is 1. The molecule has 78 valence electrons. The minimum absolute atomic E-state index is 0.927. The number of allylic oxidation sites excluding steroid dienone is 5. The Morgan fingerprint density at radius 1 is 1.36 bits per heavy atom. The second-order valence-electron chi connectivity index (χ2n) is 3.00. The van der Waals surface area contributed by atoms with Crippen LogP contribution in [0.1, 0.15) is 26.7 Å². The molecule has 14 heavy (non-hydrogen) atoms. The molecule has 0 heterocycles. The highest BCUT2D eigenvalue weighted by atomic mass is 14.9. The molecule has 0 spiro atoms. The topological polar surface area (TPSA) is 12.0 Å². The molecule has 0 aromatic heterocycles. The van der Waals surface area contributed by atoms with Crippen LogP contribution in [-0.2, 0) is 0 Å². The molecular weight excluding hydrogens is 170 g/mol. The Bertz CT molecular complexity index is 234. The summed E-state index contributed by atoms with van der Waals surface area (Å²) in [5.74, 6) is 0. The predicted octanol–water partition coefficient (Wildman–Crippen LogP) is 3.58. The number of hydrogen-bond donors (Lipinski definition) is 1. The summed E-state index contributed by atoms with van der Waals surface area (Å²) in [6.07, 6.45) is 10.0. The van der Waals surface area contributed by atoms with Crippen molar-refractivity contribution in [2.75, 3.05) is 6.54 Å². The van der Waals surface area contributed by atoms with E-state index >= 15 is 0 Å². The lowest BCUT2D eigenvalue weighted by atomic mass is 10.1. The van der Waals surface area contributed by atoms with Crippen LogP contribution in [-0.4, -0.2) is 6.54 Å². The zero-order valence-electron chi connectivity index (χ0n) is 9.34. The van der Waals surface area contributed by atoms with E-state index in [0.717, 1.165) is 25.1 Å². The van der Waals surface area contributed by atoms with Gasteiger partial charge in [-0.25, -0.2) is 0 Å². The van der Waals surface area contributed by atoms with Crippen molar-refractivity contribution in [2.45, 2.75) is 26.7 Å². The Morgan fingerprint density at radius 3 is 2.50 bits per heavy atom. The normalized spacial score (nSPS) is 12.4. The fourth-order valence-corrected chi connectivity index (χ4v) is 1.27. The van der Waals surface area contributed by atoms with Crippen LogP contribution in [0.25, 0.3) is 0 Å². The summed E-state index contributed by atoms with van der Waals surface area (Å²) < 4.78 is 0. The minimum Gasteiger partial charge on any atom is -0.385 e. The lowest BCUT2D eigenvalue weighted by Gasteiger charge is -2.09. The minimum atomic E-state index is 0.927. The summed E-state index contributed by atoms with van der Waals surface area (Å²) >= 11 is 0. The van der Waals surface area contributed by atoms with Crippen LogP contribution < -0.4 is 5.32 Å². The molecule has 0 aromatic carbocycles. The predicted molar refractivity (Wildman–Crippen MR) is 65.1 cm³/mol. The van der Waals surface area contributed by atoms with E-state index in [2.05, 4.69) is 37.6 Å². The standard InChI is InChI=1S/C13H21N/c1-5-9-11-12(10-6-2)13(7-3)14-8-4/h5-7,10,14H,1,3,8-9,11H2,2,4H3/b10-6-,13-12-. The zero-order valence-corrected chi connectivity index (χ0v) is 9.34. The van der Waals surface area contributed by atoms with Gasteiger partial charge in [0.2, 0.25) is 0 Å². The molecule has 0 amide bonds. The highest BCUT2D eigenvalue weighted by Gasteiger charge is 1.98. The first-order chi connectivity index (χ1) is 6.79. The van der Waals surface area contributed by atoms with Crippen LogP contribution in [0.3, 0.4) is 0 Å². The molecular formula is C13H21N. The fourth-order valence-electron chi connectivity index (χ4n) is 1.27. The van der Waals surface area contributed by atoms with Crippen molar-refractivity contribution in [2.24, 2.45) is 0 Å². The maximum absolute atomic E-state index is 3.81. The van der Waals surface area contributed by atoms with Gasteiger partial charge in [-0.05, 0) is 38.3 Å². The smallest absolute Gasteiger partial charge is 0.0366 e. The summed E-state index contributed by atoms with van der Waals surface area (Å²) in [5.41, 5.74) is 2.43. The zero-order chi connectivity index (χ0) is 10.8. The quantitative estimate of drug-likeness (QED) is 0.479. The number of rotatable bonds is 7. The second kappa shape index (κ2) is 8.36. The number of likely N-dealkylation sites (N-methyl/N-ethyl adjacent to an activating group) is 1. The van der Waals surface area contributed by atoms with Gasteiger partial charge in [0.05, 0.1) is 0 Å². The van der Waals surface area contributed by atoms with Crippen LogP contribution in [0.2, 0.25) is 0 Å². The third kappa shape index (κ3) is 4.70. The van der Waals surface area contributed by atoms with Crippen molar-refractivity contribution >= 4 is 0 Å². The van der Waals surface area contributed by atoms with Crippen molar-refractivity contribution in [3.05, 3.63) is 48.7 Å². The van der Waals surface area contributed by atoms with Crippen molar-refractivity contribution < 1.29 is 0 Å². The number of hydrogen-bond acceptors (Lipinski definition) is 1. The Hall–Kier alpha value is -1.24. The molecule has 0 aliphatic rings. The SMILES string of the molecule is C=CCCC(/C=C\C)=C(/C=C)NCC. The van der Waals surface area contributed by atoms with Gasteiger partial charge in [-0.15, -0.1) is 6.58 Å². The van der Waals surface area contributed by atoms with Crippen LogP contribution in [0.4, 0.5) is 0 Å². The molecule has 1 heteroatoms. The van der Waals surface area contributed by atoms with Crippen molar-refractivity contribution in [3.63, 3.8) is 0 Å². The van der Waals surface area contributed by atoms with Gasteiger partial charge in [-0.2, -0.15) is 0 Å². The molecule has 0 unspecified atom stereocenters. The molecule has 0 atom stereocenters. The first-order valence-electron chi connectivity index (χ1n) is 5.13. The van der Waals surface area contributed by atoms with E-state index in [1.54, 1.807) is 0 Å². The van der Waals surface area contributed by atoms with E-state index in [9.17, 15) is 0 Å². The Labute approximate surface area is 87.9 Å². The summed E-state index contributed by atoms with van der Waals surface area (Å²) in [6.45, 7) is 12.6. The fraction of sp³-hybridized carbons (Fsp3) is 0.385. The van der Waals surface area contributed by atoms with E-state index in [1.807, 2.05) is 19.1 Å². The van der Waals surface area contributed by atoms with Gasteiger partial charge in [0, 0.05) is 12.2 Å². The lowest BCUT2D eigenvalue weighted by Crippen LogP contribution is -2.12. The third-order valence-corrected chi connectivity index (χ3v) is 1.90. The van der Waals surface area contributed by atoms with E-state index < -0.39 is 0 Å². The largest absolute Gasteiger partial charge is 0.385 e. The Morgan fingerprint density at radius 2 is 2.07 bits per heavy atom. The Kier molecular flexibility index (Phi) is 7.62. The maximum Gasteiger partial charge on any atom is 0.0366 e. The van der Waals surface area contributed by atoms with E-state index in [4.69, 9.17) is 0 Å². The molecule has 0 radical (unpaired) electrons. The van der Waals surface area contributed by atoms with Crippen LogP contribution >= 0.6 is 0 Å². The lowest BCUT2D eigenvalue weighted by molar-refractivity contribution is 0.849. The molecule has 1 nitrogen and oxygen atoms in total. The third-order valence-electron chi connectivity index (χ3n) is 1.90. The summed E-state index contributed by atoms with van der Waals surface area (Å²) in [7, 11) is 0. The maximum atomic E-state index is 3.81. The van der Waals surface area contributed by atoms with Crippen molar-refractivity contribution in [1.29, 1.82) is 0 Å². The van der Waals surface area contributed by atoms with Gasteiger partial charge in [0.1, 0.15) is 0 Å². The van der Waals surface area contributed by atoms with Crippen LogP contribution in [0.5, 0.6) is 0 Å². The van der Waals surface area contributed by atoms with Crippen LogP contribution in [0, 0.1) is 0 Å². The Balaban J connectivity index is 4.67. The van der Waals surface area contributed by atoms with Gasteiger partial charge >= 0.3 is 0 Å². The molecule has 0 aliphatic carbocycles. The molecule has 1 N–H and O–H groups in total. The molecule has 0 saturated carbocycles. The molecule has 0 rings (SSSR count). The first kappa shape index (κ1) is 12.8. The average molecular weight is 191 g/mol. The molecule has 0 bridgehead atoms. The second-order valence-corrected chi connectivity index (χ2v) is 3.00. The van der Waals surface area contributed by atoms with Crippen LogP contribution in [0.15, 0.2) is 48.7 Å². The molecule has 0 aliphatic heterocycles. The van der Waals surface area contributed by atoms with Crippen molar-refractivity contribution in [3.8, 4) is 0 Å². The van der Waals surface area contributed by atoms with Gasteiger partial charge in [-0.3, -0.25) is 0 Å². The van der Waals surface area contributed by atoms with Gasteiger partial charge in [0.15, 0.2) is 0 Å². The summed E-state index contributed by atoms with van der Waals surface area (Å²) in [4.78, 5) is 0. The van der Waals surface area contributed by atoms with E-state index in [0.29, 0.717) is 0 Å². The van der Waals surface area contributed by atoms with Gasteiger partial charge < -0.3 is 5.32 Å². The highest BCUT2D eigenvalue weighted by molar-refractivity contribution is 5.31. The van der Waals surface area contributed by atoms with E-state index in [1.165, 1.54) is 5.57 Å². The summed E-state index contributed by atoms with van der Waals surface area (Å²) in [5, 5.41) is 3.30. The molecule has 0 fully saturated rings. The monoisotopic (exact) mass is 191 g/mol. The molecule has 0 saturated heterocycles. The van der Waals surface area contributed by atoms with E-state index in [-0.39, 0.29) is 0 Å². The first-order valence-corrected chi connectivity index (χ1v) is 5.13. The van der Waals surface area contributed by atoms with Gasteiger partial charge in [-0.1, -0.05) is 24.8 Å². The highest BCUT2D eigenvalue weighted by Crippen LogP contribution is 2.12. The van der Waals surface area contributed by atoms with Crippen molar-refractivity contribution in [1.82, 2.24) is 5.32 Å². The summed E-state index contributed by atoms with van der Waals surface area (Å²) in [6, 6.07) is 0. The molecule has 0 aromatic rings. The average Bonchev–Trinajstić information content (AvgIpc) is 2.21.